The minimum Gasteiger partial charge on any atom is -0.542 e. The number of hydrogen-bond acceptors (Lipinski definition) is 6. The molecule has 1 aromatic heterocycles. The van der Waals surface area contributed by atoms with Gasteiger partial charge in [-0.3, -0.25) is 0 Å². The van der Waals surface area contributed by atoms with Crippen LogP contribution < -0.4 is 15.0 Å². The van der Waals surface area contributed by atoms with Crippen LogP contribution in [0.2, 0.25) is 0 Å². The third-order valence-electron chi connectivity index (χ3n) is 12.3. The number of aromatic nitrogens is 2. The Morgan fingerprint density at radius 2 is 1.11 bits per heavy atom. The molecule has 0 aliphatic heterocycles. The zero-order chi connectivity index (χ0) is 46.4. The van der Waals surface area contributed by atoms with Crippen molar-refractivity contribution >= 4 is 18.0 Å². The second-order valence-corrected chi connectivity index (χ2v) is 17.5. The van der Waals surface area contributed by atoms with E-state index in [1.807, 2.05) is 24.3 Å². The second kappa shape index (κ2) is 31.5. The predicted molar refractivity (Wildman–Crippen MR) is 246 cm³/mol. The Morgan fingerprint density at radius 3 is 1.55 bits per heavy atom. The molecule has 4 rings (SSSR count). The number of rotatable bonds is 32. The molecule has 1 amide bonds. The van der Waals surface area contributed by atoms with Crippen LogP contribution in [0, 0.1) is 0 Å². The van der Waals surface area contributed by atoms with Crippen molar-refractivity contribution in [3.8, 4) is 11.1 Å². The number of unbranched alkanes of at least 4 members (excludes halogenated alkanes) is 22. The monoisotopic (exact) mass is 898 g/mol. The third kappa shape index (κ3) is 20.7. The molecule has 0 spiro atoms. The average molecular weight is 898 g/mol. The van der Waals surface area contributed by atoms with Gasteiger partial charge in [-0.2, -0.15) is 13.2 Å². The summed E-state index contributed by atoms with van der Waals surface area (Å²) in [6, 6.07) is 15.8. The van der Waals surface area contributed by atoms with Crippen molar-refractivity contribution in [1.29, 1.82) is 0 Å². The van der Waals surface area contributed by atoms with Crippen LogP contribution >= 0.6 is 0 Å². The highest BCUT2D eigenvalue weighted by molar-refractivity contribution is 5.82. The fourth-order valence-electron chi connectivity index (χ4n) is 8.63. The van der Waals surface area contributed by atoms with E-state index in [9.17, 15) is 22.8 Å². The molecule has 358 valence electrons. The first-order chi connectivity index (χ1) is 31.0. The summed E-state index contributed by atoms with van der Waals surface area (Å²) in [4.78, 5) is 35.2. The van der Waals surface area contributed by atoms with E-state index in [0.29, 0.717) is 6.42 Å². The van der Waals surface area contributed by atoms with Crippen LogP contribution in [0.15, 0.2) is 61.1 Å². The highest BCUT2D eigenvalue weighted by Gasteiger charge is 2.31. The first-order valence-electron chi connectivity index (χ1n) is 24.6. The fraction of sp³-hybridized carbons (Fsp3) is 0.654. The molecule has 0 saturated carbocycles. The quantitative estimate of drug-likeness (QED) is 0.0379. The zero-order valence-corrected chi connectivity index (χ0v) is 39.2. The third-order valence-corrected chi connectivity index (χ3v) is 12.3. The number of amides is 1. The number of halogens is 3. The van der Waals surface area contributed by atoms with Crippen molar-refractivity contribution in [2.75, 3.05) is 13.7 Å². The fourth-order valence-corrected chi connectivity index (χ4v) is 8.63. The van der Waals surface area contributed by atoms with Crippen molar-refractivity contribution in [3.63, 3.8) is 0 Å². The number of fused-ring (bicyclic) bond motifs is 3. The molecule has 0 bridgehead atoms. The Bertz CT molecular complexity index is 1720. The number of nitrogens with zero attached hydrogens (tertiary/aromatic N) is 2. The second-order valence-electron chi connectivity index (χ2n) is 17.5. The average Bonchev–Trinajstić information content (AvgIpc) is 3.82. The number of aryl methyl sites for hydroxylation is 2. The van der Waals surface area contributed by atoms with Gasteiger partial charge in [-0.15, -0.1) is 0 Å². The lowest BCUT2D eigenvalue weighted by Crippen LogP contribution is -2.44. The van der Waals surface area contributed by atoms with Crippen LogP contribution in [-0.2, 0) is 38.6 Å². The highest BCUT2D eigenvalue weighted by atomic mass is 19.4. The van der Waals surface area contributed by atoms with Gasteiger partial charge >= 0.3 is 18.2 Å². The summed E-state index contributed by atoms with van der Waals surface area (Å²) in [5.41, 5.74) is 5.71. The minimum atomic E-state index is -5.19. The topological polar surface area (TPSA) is 114 Å². The standard InChI is InChI=1S/C50H77N3O4.C2HF3O2/c1-4-6-8-10-12-14-16-18-20-22-24-30-36-52-39-42(53(41-52)37-31-25-23-21-19-17-15-13-11-9-7-5-2)38-48(49(54)56-3)51-50(55)57-40-47-45-34-28-26-32-43(45)44-33-27-29-35-46(44)47;3-2(4,5)1(6)7/h26-29,32-35,39,41,47-48H,4-25,30-31,36-38,40H2,1-3H3;(H,6,7)/t48-;/m0./s1. The Balaban J connectivity index is 0.00000143. The number of carboxylic acid groups (broad SMARTS) is 1. The maximum atomic E-state index is 13.3. The van der Waals surface area contributed by atoms with Gasteiger partial charge in [0.1, 0.15) is 30.5 Å². The van der Waals surface area contributed by atoms with Crippen LogP contribution in [0.4, 0.5) is 18.0 Å². The van der Waals surface area contributed by atoms with Gasteiger partial charge in [-0.25, -0.2) is 18.7 Å². The molecule has 0 saturated heterocycles. The summed E-state index contributed by atoms with van der Waals surface area (Å²) in [6.45, 7) is 6.61. The van der Waals surface area contributed by atoms with Gasteiger partial charge in [-0.1, -0.05) is 191 Å². The Hall–Kier alpha value is -4.35. The lowest BCUT2D eigenvalue weighted by Gasteiger charge is -2.18. The largest absolute Gasteiger partial charge is 0.542 e. The summed E-state index contributed by atoms with van der Waals surface area (Å²) < 4.78 is 47.2. The van der Waals surface area contributed by atoms with E-state index in [1.54, 1.807) is 0 Å². The van der Waals surface area contributed by atoms with Gasteiger partial charge in [0, 0.05) is 12.3 Å². The first kappa shape index (κ1) is 54.0. The van der Waals surface area contributed by atoms with Crippen molar-refractivity contribution in [2.24, 2.45) is 0 Å². The van der Waals surface area contributed by atoms with Crippen LogP contribution in [0.1, 0.15) is 191 Å². The molecule has 0 unspecified atom stereocenters. The van der Waals surface area contributed by atoms with E-state index in [-0.39, 0.29) is 12.5 Å². The number of benzene rings is 2. The van der Waals surface area contributed by atoms with Crippen LogP contribution in [0.25, 0.3) is 11.1 Å². The summed E-state index contributed by atoms with van der Waals surface area (Å²) in [6.07, 6.45) is 30.7. The highest BCUT2D eigenvalue weighted by Crippen LogP contribution is 2.44. The van der Waals surface area contributed by atoms with Crippen LogP contribution in [0.3, 0.4) is 0 Å². The molecule has 64 heavy (non-hydrogen) atoms. The minimum absolute atomic E-state index is 0.0493. The molecular weight excluding hydrogens is 820 g/mol. The van der Waals surface area contributed by atoms with E-state index in [4.69, 9.17) is 19.4 Å². The summed E-state index contributed by atoms with van der Waals surface area (Å²) in [5, 5.41) is 11.7. The van der Waals surface area contributed by atoms with E-state index < -0.39 is 30.2 Å². The molecule has 0 radical (unpaired) electrons. The number of carbonyl (C=O) groups is 3. The molecule has 12 heteroatoms. The number of esters is 1. The molecular formula is C52H78F3N3O6. The molecule has 1 aliphatic carbocycles. The molecule has 1 atom stereocenters. The Morgan fingerprint density at radius 1 is 0.688 bits per heavy atom. The van der Waals surface area contributed by atoms with Gasteiger partial charge < -0.3 is 24.7 Å². The Labute approximate surface area is 381 Å². The van der Waals surface area contributed by atoms with Gasteiger partial charge in [-0.05, 0) is 47.9 Å². The number of hydrogen-bond donors (Lipinski definition) is 1. The molecule has 1 N–H and O–H groups in total. The first-order valence-corrected chi connectivity index (χ1v) is 24.6. The number of nitrogens with one attached hydrogen (secondary N) is 1. The molecule has 2 aromatic carbocycles. The number of methoxy groups -OCH3 is 1. The number of aliphatic carboxylic acids is 1. The Kier molecular flexibility index (Phi) is 26.6. The molecule has 0 fully saturated rings. The maximum absolute atomic E-state index is 13.3. The van der Waals surface area contributed by atoms with Crippen LogP contribution in [-0.4, -0.2) is 48.5 Å². The van der Waals surface area contributed by atoms with E-state index in [1.165, 1.54) is 159 Å². The van der Waals surface area contributed by atoms with E-state index in [0.717, 1.165) is 42.8 Å². The van der Waals surface area contributed by atoms with Crippen molar-refractivity contribution in [2.45, 2.75) is 206 Å². The number of imidazole rings is 1. The van der Waals surface area contributed by atoms with Gasteiger partial charge in [0.2, 0.25) is 6.33 Å². The van der Waals surface area contributed by atoms with Gasteiger partial charge in [0.15, 0.2) is 0 Å². The molecule has 9 nitrogen and oxygen atoms in total. The lowest BCUT2D eigenvalue weighted by atomic mass is 9.98. The number of carbonyl (C=O) groups excluding carboxylic acids is 3. The van der Waals surface area contributed by atoms with Crippen molar-refractivity contribution < 1.29 is 46.7 Å². The predicted octanol–water partition coefficient (Wildman–Crippen LogP) is 12.1. The smallest absolute Gasteiger partial charge is 0.430 e. The maximum Gasteiger partial charge on any atom is 0.430 e. The van der Waals surface area contributed by atoms with Crippen molar-refractivity contribution in [1.82, 2.24) is 9.88 Å². The van der Waals surface area contributed by atoms with Crippen molar-refractivity contribution in [3.05, 3.63) is 77.9 Å². The van der Waals surface area contributed by atoms with E-state index in [2.05, 4.69) is 65.1 Å². The van der Waals surface area contributed by atoms with Gasteiger partial charge in [0.25, 0.3) is 0 Å². The zero-order valence-electron chi connectivity index (χ0n) is 39.2. The SMILES string of the molecule is CCCCCCCCCCCCCCn1c[n+](CCCCCCCCCCCCCC)cc1C[C@H](NC(=O)OCC1c2ccccc2-c2ccccc21)C(=O)OC.O=C([O-])C(F)(F)F. The van der Waals surface area contributed by atoms with E-state index >= 15 is 0 Å². The van der Waals surface area contributed by atoms with Crippen LogP contribution in [0.5, 0.6) is 0 Å². The normalized spacial score (nSPS) is 12.5. The molecule has 3 aromatic rings. The number of alkyl carbamates (subject to hydrolysis) is 1. The number of carboxylic acids is 1. The number of ether oxygens (including phenoxy) is 2. The summed E-state index contributed by atoms with van der Waals surface area (Å²) in [5.74, 6) is -3.52. The summed E-state index contributed by atoms with van der Waals surface area (Å²) >= 11 is 0. The molecule has 1 aliphatic rings. The number of alkyl halides is 3. The lowest BCUT2D eigenvalue weighted by molar-refractivity contribution is -0.697. The molecule has 1 heterocycles. The summed E-state index contributed by atoms with van der Waals surface area (Å²) in [7, 11) is 1.38. The van der Waals surface area contributed by atoms with Gasteiger partial charge in [0.05, 0.1) is 20.2 Å².